The van der Waals surface area contributed by atoms with Crippen molar-refractivity contribution in [1.82, 2.24) is 5.32 Å². The summed E-state index contributed by atoms with van der Waals surface area (Å²) in [5, 5.41) is 7.66. The number of fused-ring (bicyclic) bond motifs is 1. The molecule has 0 bridgehead atoms. The van der Waals surface area contributed by atoms with Gasteiger partial charge in [0.2, 0.25) is 0 Å². The normalized spacial score (nSPS) is 18.9. The Morgan fingerprint density at radius 3 is 2.81 bits per heavy atom. The molecule has 2 N–H and O–H groups in total. The van der Waals surface area contributed by atoms with Gasteiger partial charge in [-0.15, -0.1) is 0 Å². The van der Waals surface area contributed by atoms with Crippen LogP contribution in [-0.4, -0.2) is 35.6 Å². The summed E-state index contributed by atoms with van der Waals surface area (Å²) >= 11 is 9.43. The lowest BCUT2D eigenvalue weighted by Gasteiger charge is -2.31. The highest BCUT2D eigenvalue weighted by atomic mass is 79.9. The van der Waals surface area contributed by atoms with Crippen LogP contribution in [0.2, 0.25) is 5.02 Å². The van der Waals surface area contributed by atoms with Crippen LogP contribution < -0.4 is 10.6 Å². The Morgan fingerprint density at radius 2 is 2.12 bits per heavy atom. The van der Waals surface area contributed by atoms with Crippen molar-refractivity contribution in [2.45, 2.75) is 5.66 Å². The van der Waals surface area contributed by atoms with Crippen LogP contribution in [0.4, 0.5) is 5.69 Å². The number of alkyl halides is 1. The Hall–Kier alpha value is -1.95. The maximum Gasteiger partial charge on any atom is 0.157 e. The van der Waals surface area contributed by atoms with E-state index in [4.69, 9.17) is 16.6 Å². The second-order valence-corrected chi connectivity index (χ2v) is 7.04. The van der Waals surface area contributed by atoms with E-state index in [0.29, 0.717) is 16.9 Å². The van der Waals surface area contributed by atoms with Crippen molar-refractivity contribution in [2.75, 3.05) is 23.7 Å². The summed E-state index contributed by atoms with van der Waals surface area (Å²) in [6.45, 7) is 4.55. The van der Waals surface area contributed by atoms with Gasteiger partial charge in [0, 0.05) is 21.8 Å². The first kappa shape index (κ1) is 18.8. The van der Waals surface area contributed by atoms with Crippen molar-refractivity contribution in [3.63, 3.8) is 0 Å². The van der Waals surface area contributed by atoms with Crippen LogP contribution in [0, 0.1) is 0 Å². The molecule has 0 aliphatic carbocycles. The summed E-state index contributed by atoms with van der Waals surface area (Å²) in [7, 11) is 0. The van der Waals surface area contributed by atoms with E-state index in [1.54, 1.807) is 6.08 Å². The molecule has 0 radical (unpaired) electrons. The molecule has 0 amide bonds. The van der Waals surface area contributed by atoms with Crippen molar-refractivity contribution in [3.05, 3.63) is 77.3 Å². The Labute approximate surface area is 166 Å². The number of Topliss-reactive ketones (excluding diaryl/α,β-unsaturated/α-hetero) is 1. The molecule has 4 nitrogen and oxygen atoms in total. The maximum absolute atomic E-state index is 11.7. The van der Waals surface area contributed by atoms with Crippen LogP contribution in [0.15, 0.2) is 66.2 Å². The highest BCUT2D eigenvalue weighted by Crippen LogP contribution is 2.29. The molecule has 2 aromatic carbocycles. The third-order valence-electron chi connectivity index (χ3n) is 4.23. The van der Waals surface area contributed by atoms with Gasteiger partial charge in [-0.25, -0.2) is 0 Å². The van der Waals surface area contributed by atoms with Crippen molar-refractivity contribution in [3.8, 4) is 0 Å². The minimum atomic E-state index is -0.725. The van der Waals surface area contributed by atoms with E-state index in [2.05, 4.69) is 33.1 Å². The predicted octanol–water partition coefficient (Wildman–Crippen LogP) is 4.04. The summed E-state index contributed by atoms with van der Waals surface area (Å²) in [6, 6.07) is 15.6. The van der Waals surface area contributed by atoms with Crippen LogP contribution in [0.3, 0.4) is 0 Å². The maximum atomic E-state index is 11.7. The van der Waals surface area contributed by atoms with Gasteiger partial charge in [-0.05, 0) is 24.3 Å². The number of aliphatic imine (C=N–C) groups is 1. The summed E-state index contributed by atoms with van der Waals surface area (Å²) < 4.78 is 0. The number of nitrogens with one attached hydrogen (secondary N) is 2. The molecule has 1 aliphatic heterocycles. The van der Waals surface area contributed by atoms with Crippen LogP contribution in [0.5, 0.6) is 0 Å². The van der Waals surface area contributed by atoms with Gasteiger partial charge in [0.05, 0.1) is 24.1 Å². The Morgan fingerprint density at radius 1 is 1.35 bits per heavy atom. The van der Waals surface area contributed by atoms with Gasteiger partial charge in [-0.2, -0.15) is 0 Å². The lowest BCUT2D eigenvalue weighted by atomic mass is 10.0. The standard InChI is InChI=1S/C20H19BrClN3O/c1-2-20(24-12-16(26)11-21)13-23-19(14-6-4-3-5-7-14)17-10-15(22)8-9-18(17)25-20/h2-10,24-25H,1,11-13H2. The predicted molar refractivity (Wildman–Crippen MR) is 112 cm³/mol. The smallest absolute Gasteiger partial charge is 0.157 e. The molecule has 134 valence electrons. The third kappa shape index (κ3) is 4.06. The fourth-order valence-electron chi connectivity index (χ4n) is 2.82. The van der Waals surface area contributed by atoms with Crippen molar-refractivity contribution in [1.29, 1.82) is 0 Å². The van der Waals surface area contributed by atoms with E-state index in [1.165, 1.54) is 0 Å². The van der Waals surface area contributed by atoms with Crippen LogP contribution in [0.1, 0.15) is 11.1 Å². The largest absolute Gasteiger partial charge is 0.362 e. The van der Waals surface area contributed by atoms with E-state index < -0.39 is 5.66 Å². The second-order valence-electron chi connectivity index (χ2n) is 6.05. The van der Waals surface area contributed by atoms with Crippen molar-refractivity contribution < 1.29 is 4.79 Å². The molecule has 26 heavy (non-hydrogen) atoms. The number of halogens is 2. The first-order valence-corrected chi connectivity index (χ1v) is 9.71. The minimum Gasteiger partial charge on any atom is -0.362 e. The first-order chi connectivity index (χ1) is 12.6. The first-order valence-electron chi connectivity index (χ1n) is 8.21. The number of rotatable bonds is 6. The quantitative estimate of drug-likeness (QED) is 0.535. The number of benzene rings is 2. The van der Waals surface area contributed by atoms with Crippen molar-refractivity contribution >= 4 is 44.7 Å². The molecule has 6 heteroatoms. The lowest BCUT2D eigenvalue weighted by Crippen LogP contribution is -2.54. The molecule has 3 rings (SSSR count). The molecule has 1 aliphatic rings. The van der Waals surface area contributed by atoms with Gasteiger partial charge >= 0.3 is 0 Å². The molecule has 0 spiro atoms. The van der Waals surface area contributed by atoms with E-state index in [9.17, 15) is 4.79 Å². The van der Waals surface area contributed by atoms with Crippen LogP contribution in [-0.2, 0) is 4.79 Å². The molecule has 1 atom stereocenters. The molecular formula is C20H19BrClN3O. The van der Waals surface area contributed by atoms with Gasteiger partial charge in [0.25, 0.3) is 0 Å². The van der Waals surface area contributed by atoms with Gasteiger partial charge in [0.15, 0.2) is 5.78 Å². The number of benzodiazepines with no additional fused rings is 1. The summed E-state index contributed by atoms with van der Waals surface area (Å²) in [5.41, 5.74) is 2.94. The van der Waals surface area contributed by atoms with Gasteiger partial charge in [-0.1, -0.05) is 64.4 Å². The minimum absolute atomic E-state index is 0.0564. The monoisotopic (exact) mass is 431 g/mol. The molecule has 0 saturated heterocycles. The number of ketones is 1. The Kier molecular flexibility index (Phi) is 5.91. The molecule has 2 aromatic rings. The summed E-state index contributed by atoms with van der Waals surface area (Å²) in [4.78, 5) is 16.6. The molecule has 0 fully saturated rings. The topological polar surface area (TPSA) is 53.5 Å². The fraction of sp³-hybridized carbons (Fsp3) is 0.200. The van der Waals surface area contributed by atoms with Gasteiger partial charge in [0.1, 0.15) is 5.66 Å². The van der Waals surface area contributed by atoms with E-state index in [-0.39, 0.29) is 12.3 Å². The third-order valence-corrected chi connectivity index (χ3v) is 5.09. The zero-order valence-corrected chi connectivity index (χ0v) is 16.5. The zero-order valence-electron chi connectivity index (χ0n) is 14.1. The number of nitrogens with zero attached hydrogens (tertiary/aromatic N) is 1. The average molecular weight is 433 g/mol. The van der Waals surface area contributed by atoms with Crippen LogP contribution >= 0.6 is 27.5 Å². The Balaban J connectivity index is 2.05. The number of hydrogen-bond donors (Lipinski definition) is 2. The SMILES string of the molecule is C=CC1(NCC(=O)CBr)CN=C(c2ccccc2)c2cc(Cl)ccc2N1. The number of hydrogen-bond acceptors (Lipinski definition) is 4. The number of carbonyl (C=O) groups excluding carboxylic acids is 1. The van der Waals surface area contributed by atoms with Gasteiger partial charge in [-0.3, -0.25) is 15.1 Å². The van der Waals surface area contributed by atoms with Crippen molar-refractivity contribution in [2.24, 2.45) is 4.99 Å². The lowest BCUT2D eigenvalue weighted by molar-refractivity contribution is -0.115. The molecule has 1 heterocycles. The zero-order chi connectivity index (χ0) is 18.6. The Bertz CT molecular complexity index is 853. The molecule has 0 saturated carbocycles. The highest BCUT2D eigenvalue weighted by molar-refractivity contribution is 9.09. The molecule has 0 aromatic heterocycles. The van der Waals surface area contributed by atoms with E-state index in [0.717, 1.165) is 22.5 Å². The highest BCUT2D eigenvalue weighted by Gasteiger charge is 2.31. The van der Waals surface area contributed by atoms with E-state index in [1.807, 2.05) is 48.5 Å². The molecule has 1 unspecified atom stereocenters. The number of anilines is 1. The fourth-order valence-corrected chi connectivity index (χ4v) is 3.19. The van der Waals surface area contributed by atoms with E-state index >= 15 is 0 Å². The van der Waals surface area contributed by atoms with Crippen LogP contribution in [0.25, 0.3) is 0 Å². The summed E-state index contributed by atoms with van der Waals surface area (Å²) in [5.74, 6) is 0.0564. The second kappa shape index (κ2) is 8.16. The number of carbonyl (C=O) groups is 1. The molecular weight excluding hydrogens is 414 g/mol. The summed E-state index contributed by atoms with van der Waals surface area (Å²) in [6.07, 6.45) is 1.75. The average Bonchev–Trinajstić information content (AvgIpc) is 2.84. The van der Waals surface area contributed by atoms with Gasteiger partial charge < -0.3 is 5.32 Å².